The summed E-state index contributed by atoms with van der Waals surface area (Å²) in [6, 6.07) is 8.00. The molecule has 0 saturated heterocycles. The van der Waals surface area contributed by atoms with Crippen LogP contribution in [0.3, 0.4) is 0 Å². The van der Waals surface area contributed by atoms with Crippen molar-refractivity contribution in [2.24, 2.45) is 0 Å². The number of aromatic nitrogens is 2. The average Bonchev–Trinajstić information content (AvgIpc) is 2.87. The molecule has 6 heteroatoms. The van der Waals surface area contributed by atoms with Crippen LogP contribution < -0.4 is 10.6 Å². The Morgan fingerprint density at radius 3 is 2.74 bits per heavy atom. The van der Waals surface area contributed by atoms with Gasteiger partial charge in [0, 0.05) is 29.7 Å². The Kier molecular flexibility index (Phi) is 8.69. The van der Waals surface area contributed by atoms with Crippen LogP contribution in [-0.4, -0.2) is 34.5 Å². The van der Waals surface area contributed by atoms with Gasteiger partial charge in [0.15, 0.2) is 0 Å². The van der Waals surface area contributed by atoms with Crippen LogP contribution in [0.4, 0.5) is 10.3 Å². The highest BCUT2D eigenvalue weighted by atomic mass is 19.1. The van der Waals surface area contributed by atoms with E-state index in [1.807, 2.05) is 31.4 Å². The quantitative estimate of drug-likeness (QED) is 0.383. The van der Waals surface area contributed by atoms with Gasteiger partial charge in [0.1, 0.15) is 5.82 Å². The van der Waals surface area contributed by atoms with E-state index in [0.717, 1.165) is 48.3 Å². The van der Waals surface area contributed by atoms with Crippen LogP contribution in [-0.2, 0) is 0 Å². The lowest BCUT2D eigenvalue weighted by Gasteiger charge is -2.34. The third-order valence-corrected chi connectivity index (χ3v) is 7.03. The van der Waals surface area contributed by atoms with Gasteiger partial charge in [-0.05, 0) is 88.0 Å². The second kappa shape index (κ2) is 12.1. The molecular weight excluding hydrogens is 437 g/mol. The Labute approximate surface area is 209 Å². The van der Waals surface area contributed by atoms with E-state index >= 15 is 0 Å². The Morgan fingerprint density at radius 1 is 1.17 bits per heavy atom. The minimum Gasteiger partial charge on any atom is -0.351 e. The topological polar surface area (TPSA) is 53.1 Å². The van der Waals surface area contributed by atoms with Crippen LogP contribution in [0.25, 0.3) is 5.57 Å². The van der Waals surface area contributed by atoms with E-state index in [2.05, 4.69) is 45.4 Å². The van der Waals surface area contributed by atoms with Gasteiger partial charge in [0.05, 0.1) is 11.7 Å². The van der Waals surface area contributed by atoms with Crippen molar-refractivity contribution in [1.82, 2.24) is 20.2 Å². The van der Waals surface area contributed by atoms with Crippen LogP contribution in [0.2, 0.25) is 0 Å². The molecule has 1 unspecified atom stereocenters. The summed E-state index contributed by atoms with van der Waals surface area (Å²) in [5.74, 6) is 0.527. The van der Waals surface area contributed by atoms with Crippen LogP contribution >= 0.6 is 0 Å². The fourth-order valence-corrected chi connectivity index (χ4v) is 4.96. The smallest absolute Gasteiger partial charge is 0.223 e. The molecule has 2 aliphatic rings. The van der Waals surface area contributed by atoms with E-state index in [-0.39, 0.29) is 11.9 Å². The van der Waals surface area contributed by atoms with Gasteiger partial charge in [-0.25, -0.2) is 14.4 Å². The maximum absolute atomic E-state index is 14.4. The molecule has 2 heterocycles. The first-order chi connectivity index (χ1) is 17.0. The van der Waals surface area contributed by atoms with Gasteiger partial charge in [-0.1, -0.05) is 38.0 Å². The van der Waals surface area contributed by atoms with Gasteiger partial charge >= 0.3 is 0 Å². The largest absolute Gasteiger partial charge is 0.351 e. The molecule has 1 aromatic carbocycles. The summed E-state index contributed by atoms with van der Waals surface area (Å²) in [5.41, 5.74) is 4.40. The molecule has 1 aliphatic heterocycles. The normalized spacial score (nSPS) is 17.4. The predicted octanol–water partition coefficient (Wildman–Crippen LogP) is 6.53. The molecule has 0 spiro atoms. The van der Waals surface area contributed by atoms with Gasteiger partial charge in [-0.3, -0.25) is 0 Å². The second-order valence-electron chi connectivity index (χ2n) is 9.68. The maximum atomic E-state index is 14.4. The van der Waals surface area contributed by atoms with E-state index in [0.29, 0.717) is 17.6 Å². The minimum atomic E-state index is -0.162. The summed E-state index contributed by atoms with van der Waals surface area (Å²) in [7, 11) is 1.97. The molecule has 2 N–H and O–H groups in total. The molecular formula is C29H38FN5. The summed E-state index contributed by atoms with van der Waals surface area (Å²) < 4.78 is 14.4. The molecule has 4 rings (SSSR count). The van der Waals surface area contributed by atoms with Crippen LogP contribution in [0.1, 0.15) is 74.2 Å². The highest BCUT2D eigenvalue weighted by Gasteiger charge is 2.23. The molecule has 2 aromatic rings. The van der Waals surface area contributed by atoms with Gasteiger partial charge in [0.25, 0.3) is 0 Å². The molecule has 0 amide bonds. The molecule has 1 aromatic heterocycles. The Bertz CT molecular complexity index is 1070. The van der Waals surface area contributed by atoms with Crippen molar-refractivity contribution in [3.05, 3.63) is 83.7 Å². The fourth-order valence-electron chi connectivity index (χ4n) is 4.96. The van der Waals surface area contributed by atoms with Crippen molar-refractivity contribution in [1.29, 1.82) is 0 Å². The second-order valence-corrected chi connectivity index (χ2v) is 9.68. The van der Waals surface area contributed by atoms with Crippen molar-refractivity contribution in [2.75, 3.05) is 18.9 Å². The van der Waals surface area contributed by atoms with Crippen LogP contribution in [0.5, 0.6) is 0 Å². The zero-order chi connectivity index (χ0) is 24.6. The highest BCUT2D eigenvalue weighted by Crippen LogP contribution is 2.35. The molecule has 1 atom stereocenters. The number of hydrogen-bond donors (Lipinski definition) is 2. The summed E-state index contributed by atoms with van der Waals surface area (Å²) in [4.78, 5) is 11.4. The Balaban J connectivity index is 1.50. The predicted molar refractivity (Wildman–Crippen MR) is 142 cm³/mol. The fraction of sp³-hybridized carbons (Fsp3) is 0.448. The Hall–Kier alpha value is -2.99. The number of benzene rings is 1. The summed E-state index contributed by atoms with van der Waals surface area (Å²) >= 11 is 0. The van der Waals surface area contributed by atoms with Crippen molar-refractivity contribution in [3.63, 3.8) is 0 Å². The van der Waals surface area contributed by atoms with Gasteiger partial charge in [0.2, 0.25) is 5.95 Å². The van der Waals surface area contributed by atoms with E-state index < -0.39 is 0 Å². The van der Waals surface area contributed by atoms with Crippen LogP contribution in [0.15, 0.2) is 61.1 Å². The number of halogens is 1. The van der Waals surface area contributed by atoms with E-state index in [9.17, 15) is 4.39 Å². The first kappa shape index (κ1) is 25.1. The first-order valence-electron chi connectivity index (χ1n) is 12.9. The molecule has 1 saturated carbocycles. The SMILES string of the molecule is C=C1C=C(c2ccnc(NC3CCCCC3)n2)C=CN1C(CCCCNC)c1ccc(C)c(F)c1. The molecule has 5 nitrogen and oxygen atoms in total. The molecule has 0 radical (unpaired) electrons. The number of allylic oxidation sites excluding steroid dienone is 3. The molecule has 35 heavy (non-hydrogen) atoms. The zero-order valence-corrected chi connectivity index (χ0v) is 21.1. The standard InChI is InChI=1S/C29H38FN5/c1-21-12-13-24(20-26(21)30)28(11-7-8-16-31-3)35-18-15-23(19-22(35)2)27-14-17-32-29(34-27)33-25-9-5-4-6-10-25/h12-15,17-20,25,28,31H,2,4-11,16H2,1,3H3,(H,32,33,34). The molecule has 186 valence electrons. The van der Waals surface area contributed by atoms with Crippen molar-refractivity contribution < 1.29 is 4.39 Å². The number of hydrogen-bond acceptors (Lipinski definition) is 5. The lowest BCUT2D eigenvalue weighted by atomic mass is 9.96. The molecule has 0 bridgehead atoms. The lowest BCUT2D eigenvalue weighted by molar-refractivity contribution is 0.325. The number of unbranched alkanes of at least 4 members (excludes halogenated alkanes) is 1. The minimum absolute atomic E-state index is 0.0254. The number of aryl methyl sites for hydroxylation is 1. The highest BCUT2D eigenvalue weighted by molar-refractivity contribution is 5.75. The maximum Gasteiger partial charge on any atom is 0.223 e. The monoisotopic (exact) mass is 475 g/mol. The molecule has 1 aliphatic carbocycles. The third kappa shape index (κ3) is 6.57. The van der Waals surface area contributed by atoms with E-state index in [1.54, 1.807) is 13.0 Å². The number of rotatable bonds is 10. The zero-order valence-electron chi connectivity index (χ0n) is 21.1. The molecule has 1 fully saturated rings. The van der Waals surface area contributed by atoms with E-state index in [4.69, 9.17) is 4.98 Å². The summed E-state index contributed by atoms with van der Waals surface area (Å²) in [5, 5.41) is 6.72. The van der Waals surface area contributed by atoms with Crippen LogP contribution in [0, 0.1) is 12.7 Å². The third-order valence-electron chi connectivity index (χ3n) is 7.03. The van der Waals surface area contributed by atoms with Crippen molar-refractivity contribution >= 4 is 11.5 Å². The van der Waals surface area contributed by atoms with E-state index in [1.165, 1.54) is 32.1 Å². The first-order valence-corrected chi connectivity index (χ1v) is 12.9. The van der Waals surface area contributed by atoms with Gasteiger partial charge < -0.3 is 15.5 Å². The summed E-state index contributed by atoms with van der Waals surface area (Å²) in [6.45, 7) is 7.12. The number of nitrogens with zero attached hydrogens (tertiary/aromatic N) is 3. The van der Waals surface area contributed by atoms with Gasteiger partial charge in [-0.15, -0.1) is 0 Å². The average molecular weight is 476 g/mol. The van der Waals surface area contributed by atoms with Gasteiger partial charge in [-0.2, -0.15) is 0 Å². The number of anilines is 1. The van der Waals surface area contributed by atoms with Crippen molar-refractivity contribution in [2.45, 2.75) is 70.4 Å². The van der Waals surface area contributed by atoms with Crippen molar-refractivity contribution in [3.8, 4) is 0 Å². The Morgan fingerprint density at radius 2 is 2.00 bits per heavy atom. The lowest BCUT2D eigenvalue weighted by Crippen LogP contribution is -2.25. The summed E-state index contributed by atoms with van der Waals surface area (Å²) in [6.07, 6.45) is 17.3. The number of nitrogens with one attached hydrogen (secondary N) is 2.